The largest absolute Gasteiger partial charge is 0.343 e. The molecule has 0 unspecified atom stereocenters. The molecule has 4 nitrogen and oxygen atoms in total. The van der Waals surface area contributed by atoms with Crippen LogP contribution in [-0.4, -0.2) is 35.7 Å². The first kappa shape index (κ1) is 13.7. The van der Waals surface area contributed by atoms with E-state index >= 15 is 0 Å². The molecule has 0 saturated carbocycles. The van der Waals surface area contributed by atoms with Crippen LogP contribution < -0.4 is 5.73 Å². The second-order valence-corrected chi connectivity index (χ2v) is 5.01. The van der Waals surface area contributed by atoms with E-state index in [1.54, 1.807) is 12.1 Å². The zero-order valence-electron chi connectivity index (χ0n) is 11.0. The van der Waals surface area contributed by atoms with Crippen LogP contribution in [0.15, 0.2) is 30.3 Å². The van der Waals surface area contributed by atoms with Crippen LogP contribution in [0.25, 0.3) is 0 Å². The lowest BCUT2D eigenvalue weighted by Gasteiger charge is -2.30. The summed E-state index contributed by atoms with van der Waals surface area (Å²) in [6, 6.07) is 9.33. The SMILES string of the molecule is NC1CCN(C(=O)CCC(=O)c2ccccc2)CC1. The number of carbonyl (C=O) groups is 2. The fraction of sp³-hybridized carbons (Fsp3) is 0.467. The van der Waals surface area contributed by atoms with Gasteiger partial charge in [-0.25, -0.2) is 0 Å². The molecule has 1 amide bonds. The topological polar surface area (TPSA) is 63.4 Å². The van der Waals surface area contributed by atoms with Crippen LogP contribution in [-0.2, 0) is 4.79 Å². The van der Waals surface area contributed by atoms with Crippen molar-refractivity contribution in [2.24, 2.45) is 5.73 Å². The van der Waals surface area contributed by atoms with Gasteiger partial charge in [0.2, 0.25) is 5.91 Å². The molecule has 0 aliphatic carbocycles. The number of nitrogens with two attached hydrogens (primary N) is 1. The highest BCUT2D eigenvalue weighted by molar-refractivity contribution is 5.97. The molecule has 1 aromatic carbocycles. The first-order chi connectivity index (χ1) is 9.16. The van der Waals surface area contributed by atoms with Gasteiger partial charge >= 0.3 is 0 Å². The average Bonchev–Trinajstić information content (AvgIpc) is 2.46. The van der Waals surface area contributed by atoms with Crippen molar-refractivity contribution in [2.45, 2.75) is 31.7 Å². The number of piperidine rings is 1. The van der Waals surface area contributed by atoms with Crippen LogP contribution in [0.2, 0.25) is 0 Å². The van der Waals surface area contributed by atoms with Gasteiger partial charge in [0, 0.05) is 37.5 Å². The Balaban J connectivity index is 1.79. The molecule has 102 valence electrons. The zero-order valence-corrected chi connectivity index (χ0v) is 11.0. The van der Waals surface area contributed by atoms with Crippen molar-refractivity contribution >= 4 is 11.7 Å². The summed E-state index contributed by atoms with van der Waals surface area (Å²) >= 11 is 0. The van der Waals surface area contributed by atoms with Gasteiger partial charge in [-0.1, -0.05) is 30.3 Å². The zero-order chi connectivity index (χ0) is 13.7. The normalized spacial score (nSPS) is 16.4. The third kappa shape index (κ3) is 3.89. The number of amides is 1. The number of benzene rings is 1. The van der Waals surface area contributed by atoms with E-state index in [0.717, 1.165) is 25.9 Å². The molecule has 1 saturated heterocycles. The Labute approximate surface area is 113 Å². The lowest BCUT2D eigenvalue weighted by Crippen LogP contribution is -2.42. The van der Waals surface area contributed by atoms with Crippen LogP contribution in [0.1, 0.15) is 36.0 Å². The first-order valence-electron chi connectivity index (χ1n) is 6.78. The number of likely N-dealkylation sites (tertiary alicyclic amines) is 1. The molecular formula is C15H20N2O2. The standard InChI is InChI=1S/C15H20N2O2/c16-13-8-10-17(11-9-13)15(19)7-6-14(18)12-4-2-1-3-5-12/h1-5,13H,6-11,16H2. The number of nitrogens with zero attached hydrogens (tertiary/aromatic N) is 1. The van der Waals surface area contributed by atoms with Crippen LogP contribution in [0, 0.1) is 0 Å². The fourth-order valence-electron chi connectivity index (χ4n) is 2.30. The van der Waals surface area contributed by atoms with E-state index in [0.29, 0.717) is 12.0 Å². The molecule has 2 rings (SSSR count). The second kappa shape index (κ2) is 6.48. The molecule has 2 N–H and O–H groups in total. The molecule has 0 radical (unpaired) electrons. The summed E-state index contributed by atoms with van der Waals surface area (Å²) in [6.45, 7) is 1.44. The molecule has 0 spiro atoms. The van der Waals surface area contributed by atoms with E-state index in [1.807, 2.05) is 23.1 Å². The molecular weight excluding hydrogens is 240 g/mol. The Bertz CT molecular complexity index is 437. The van der Waals surface area contributed by atoms with Crippen molar-refractivity contribution in [3.8, 4) is 0 Å². The quantitative estimate of drug-likeness (QED) is 0.836. The fourth-order valence-corrected chi connectivity index (χ4v) is 2.30. The Hall–Kier alpha value is -1.68. The predicted molar refractivity (Wildman–Crippen MR) is 73.8 cm³/mol. The van der Waals surface area contributed by atoms with Crippen molar-refractivity contribution in [3.05, 3.63) is 35.9 Å². The highest BCUT2D eigenvalue weighted by atomic mass is 16.2. The average molecular weight is 260 g/mol. The van der Waals surface area contributed by atoms with Crippen LogP contribution in [0.3, 0.4) is 0 Å². The maximum Gasteiger partial charge on any atom is 0.223 e. The van der Waals surface area contributed by atoms with Crippen molar-refractivity contribution in [2.75, 3.05) is 13.1 Å². The highest BCUT2D eigenvalue weighted by Gasteiger charge is 2.20. The highest BCUT2D eigenvalue weighted by Crippen LogP contribution is 2.12. The van der Waals surface area contributed by atoms with Gasteiger partial charge in [0.25, 0.3) is 0 Å². The summed E-state index contributed by atoms with van der Waals surface area (Å²) in [5, 5.41) is 0. The number of carbonyl (C=O) groups excluding carboxylic acids is 2. The van der Waals surface area contributed by atoms with Crippen molar-refractivity contribution < 1.29 is 9.59 Å². The monoisotopic (exact) mass is 260 g/mol. The third-order valence-corrected chi connectivity index (χ3v) is 3.55. The minimum absolute atomic E-state index is 0.0302. The molecule has 0 bridgehead atoms. The molecule has 0 aromatic heterocycles. The van der Waals surface area contributed by atoms with Crippen LogP contribution in [0.4, 0.5) is 0 Å². The van der Waals surface area contributed by atoms with Crippen LogP contribution in [0.5, 0.6) is 0 Å². The predicted octanol–water partition coefficient (Wildman–Crippen LogP) is 1.60. The first-order valence-corrected chi connectivity index (χ1v) is 6.78. The summed E-state index contributed by atoms with van der Waals surface area (Å²) in [5.41, 5.74) is 6.48. The van der Waals surface area contributed by atoms with Gasteiger partial charge in [-0.3, -0.25) is 9.59 Å². The van der Waals surface area contributed by atoms with Crippen molar-refractivity contribution in [1.82, 2.24) is 4.90 Å². The third-order valence-electron chi connectivity index (χ3n) is 3.55. The van der Waals surface area contributed by atoms with E-state index in [4.69, 9.17) is 5.73 Å². The lowest BCUT2D eigenvalue weighted by molar-refractivity contribution is -0.132. The number of Topliss-reactive ketones (excluding diaryl/α,β-unsaturated/α-hetero) is 1. The van der Waals surface area contributed by atoms with E-state index < -0.39 is 0 Å². The molecule has 1 heterocycles. The second-order valence-electron chi connectivity index (χ2n) is 5.01. The summed E-state index contributed by atoms with van der Waals surface area (Å²) in [7, 11) is 0. The van der Waals surface area contributed by atoms with E-state index in [1.165, 1.54) is 0 Å². The summed E-state index contributed by atoms with van der Waals surface area (Å²) < 4.78 is 0. The van der Waals surface area contributed by atoms with Gasteiger partial charge in [0.1, 0.15) is 0 Å². The Morgan fingerprint density at radius 3 is 2.37 bits per heavy atom. The Morgan fingerprint density at radius 2 is 1.74 bits per heavy atom. The van der Waals surface area contributed by atoms with Crippen LogP contribution >= 0.6 is 0 Å². The lowest BCUT2D eigenvalue weighted by atomic mass is 10.0. The van der Waals surface area contributed by atoms with E-state index in [2.05, 4.69) is 0 Å². The number of hydrogen-bond acceptors (Lipinski definition) is 3. The van der Waals surface area contributed by atoms with Gasteiger partial charge in [-0.15, -0.1) is 0 Å². The number of hydrogen-bond donors (Lipinski definition) is 1. The maximum absolute atomic E-state index is 12.0. The van der Waals surface area contributed by atoms with E-state index in [-0.39, 0.29) is 24.2 Å². The number of ketones is 1. The minimum Gasteiger partial charge on any atom is -0.343 e. The summed E-state index contributed by atoms with van der Waals surface area (Å²) in [5.74, 6) is 0.0961. The van der Waals surface area contributed by atoms with Crippen molar-refractivity contribution in [1.29, 1.82) is 0 Å². The van der Waals surface area contributed by atoms with Crippen molar-refractivity contribution in [3.63, 3.8) is 0 Å². The molecule has 1 aromatic rings. The molecule has 0 atom stereocenters. The minimum atomic E-state index is 0.0302. The smallest absolute Gasteiger partial charge is 0.223 e. The Kier molecular flexibility index (Phi) is 4.68. The molecule has 1 fully saturated rings. The van der Waals surface area contributed by atoms with Gasteiger partial charge in [-0.2, -0.15) is 0 Å². The molecule has 1 aliphatic rings. The summed E-state index contributed by atoms with van der Waals surface area (Å²) in [6.07, 6.45) is 2.30. The van der Waals surface area contributed by atoms with E-state index in [9.17, 15) is 9.59 Å². The number of rotatable bonds is 4. The molecule has 19 heavy (non-hydrogen) atoms. The van der Waals surface area contributed by atoms with Gasteiger partial charge < -0.3 is 10.6 Å². The molecule has 4 heteroatoms. The maximum atomic E-state index is 12.0. The summed E-state index contributed by atoms with van der Waals surface area (Å²) in [4.78, 5) is 25.7. The van der Waals surface area contributed by atoms with Gasteiger partial charge in [-0.05, 0) is 12.8 Å². The van der Waals surface area contributed by atoms with Gasteiger partial charge in [0.15, 0.2) is 5.78 Å². The Morgan fingerprint density at radius 1 is 1.11 bits per heavy atom. The van der Waals surface area contributed by atoms with Gasteiger partial charge in [0.05, 0.1) is 0 Å². The molecule has 1 aliphatic heterocycles.